The molecule has 5 nitrogen and oxygen atoms in total. The molecule has 68 valence electrons. The van der Waals surface area contributed by atoms with Crippen LogP contribution >= 0.6 is 0 Å². The molecule has 0 fully saturated rings. The van der Waals surface area contributed by atoms with Gasteiger partial charge in [0.1, 0.15) is 5.76 Å². The van der Waals surface area contributed by atoms with Gasteiger partial charge in [0.05, 0.1) is 0 Å². The van der Waals surface area contributed by atoms with Crippen molar-refractivity contribution in [2.75, 3.05) is 5.73 Å². The van der Waals surface area contributed by atoms with Crippen molar-refractivity contribution >= 4 is 5.95 Å². The van der Waals surface area contributed by atoms with E-state index in [-0.39, 0.29) is 5.95 Å². The molecule has 0 aliphatic heterocycles. The number of hydrogen-bond acceptors (Lipinski definition) is 5. The van der Waals surface area contributed by atoms with E-state index in [1.54, 1.807) is 6.07 Å². The molecular formula is C8H9N3O2. The fourth-order valence-corrected chi connectivity index (χ4v) is 1.02. The maximum Gasteiger partial charge on any atom is 0.295 e. The highest BCUT2D eigenvalue weighted by atomic mass is 16.5. The molecule has 13 heavy (non-hydrogen) atoms. The van der Waals surface area contributed by atoms with Crippen molar-refractivity contribution in [2.24, 2.45) is 0 Å². The molecule has 0 atom stereocenters. The molecule has 0 spiro atoms. The van der Waals surface area contributed by atoms with Gasteiger partial charge >= 0.3 is 0 Å². The Bertz CT molecular complexity index is 405. The Balaban J connectivity index is 2.35. The molecule has 0 aromatic carbocycles. The molecular weight excluding hydrogens is 170 g/mol. The Morgan fingerprint density at radius 2 is 2.31 bits per heavy atom. The summed E-state index contributed by atoms with van der Waals surface area (Å²) in [5.74, 6) is 1.87. The number of aromatic nitrogens is 2. The predicted octanol–water partition coefficient (Wildman–Crippen LogP) is 1.47. The minimum atomic E-state index is 0.115. The third-order valence-electron chi connectivity index (χ3n) is 1.66. The van der Waals surface area contributed by atoms with Crippen LogP contribution in [0.4, 0.5) is 5.95 Å². The van der Waals surface area contributed by atoms with Crippen LogP contribution in [0.3, 0.4) is 0 Å². The number of nitrogens with two attached hydrogens (primary N) is 1. The van der Waals surface area contributed by atoms with E-state index in [4.69, 9.17) is 14.7 Å². The smallest absolute Gasteiger partial charge is 0.295 e. The van der Waals surface area contributed by atoms with Gasteiger partial charge in [0, 0.05) is 6.42 Å². The molecule has 2 N–H and O–H groups in total. The first-order valence-electron chi connectivity index (χ1n) is 3.98. The quantitative estimate of drug-likeness (QED) is 0.755. The summed E-state index contributed by atoms with van der Waals surface area (Å²) in [7, 11) is 0. The average molecular weight is 179 g/mol. The van der Waals surface area contributed by atoms with E-state index in [9.17, 15) is 0 Å². The largest absolute Gasteiger partial charge is 0.456 e. The van der Waals surface area contributed by atoms with E-state index < -0.39 is 0 Å². The van der Waals surface area contributed by atoms with Crippen molar-refractivity contribution in [2.45, 2.75) is 13.3 Å². The number of nitrogen functional groups attached to an aromatic ring is 1. The Kier molecular flexibility index (Phi) is 1.77. The second kappa shape index (κ2) is 2.93. The van der Waals surface area contributed by atoms with E-state index in [2.05, 4.69) is 10.1 Å². The Hall–Kier alpha value is -1.78. The van der Waals surface area contributed by atoms with Crippen LogP contribution in [0.25, 0.3) is 11.7 Å². The van der Waals surface area contributed by atoms with Crippen LogP contribution in [0.2, 0.25) is 0 Å². The van der Waals surface area contributed by atoms with Gasteiger partial charge in [0.15, 0.2) is 5.76 Å². The van der Waals surface area contributed by atoms with Crippen LogP contribution in [0.1, 0.15) is 12.7 Å². The minimum absolute atomic E-state index is 0.115. The summed E-state index contributed by atoms with van der Waals surface area (Å²) in [6, 6.07) is 3.65. The molecule has 0 unspecified atom stereocenters. The molecule has 5 heteroatoms. The van der Waals surface area contributed by atoms with Gasteiger partial charge in [-0.2, -0.15) is 4.98 Å². The molecule has 0 saturated heterocycles. The van der Waals surface area contributed by atoms with Crippen molar-refractivity contribution in [3.05, 3.63) is 17.9 Å². The summed E-state index contributed by atoms with van der Waals surface area (Å²) in [6.07, 6.45) is 0.837. The summed E-state index contributed by atoms with van der Waals surface area (Å²) in [6.45, 7) is 2.00. The molecule has 2 heterocycles. The molecule has 0 aliphatic carbocycles. The number of rotatable bonds is 2. The molecule has 0 amide bonds. The number of aryl methyl sites for hydroxylation is 1. The van der Waals surface area contributed by atoms with Crippen molar-refractivity contribution in [3.63, 3.8) is 0 Å². The van der Waals surface area contributed by atoms with Gasteiger partial charge in [-0.05, 0) is 17.3 Å². The first kappa shape index (κ1) is 7.85. The van der Waals surface area contributed by atoms with E-state index >= 15 is 0 Å². The lowest BCUT2D eigenvalue weighted by atomic mass is 10.3. The monoisotopic (exact) mass is 179 g/mol. The second-order valence-electron chi connectivity index (χ2n) is 2.58. The topological polar surface area (TPSA) is 78.1 Å². The highest BCUT2D eigenvalue weighted by Crippen LogP contribution is 2.20. The van der Waals surface area contributed by atoms with Gasteiger partial charge in [0.25, 0.3) is 11.8 Å². The molecule has 0 radical (unpaired) electrons. The number of hydrogen-bond donors (Lipinski definition) is 1. The lowest BCUT2D eigenvalue weighted by molar-refractivity contribution is 0.413. The predicted molar refractivity (Wildman–Crippen MR) is 45.8 cm³/mol. The highest BCUT2D eigenvalue weighted by Gasteiger charge is 2.10. The molecule has 2 aromatic rings. The fourth-order valence-electron chi connectivity index (χ4n) is 1.02. The zero-order valence-electron chi connectivity index (χ0n) is 7.15. The van der Waals surface area contributed by atoms with Gasteiger partial charge < -0.3 is 14.7 Å². The van der Waals surface area contributed by atoms with E-state index in [1.165, 1.54) is 0 Å². The Morgan fingerprint density at radius 3 is 2.85 bits per heavy atom. The van der Waals surface area contributed by atoms with Crippen molar-refractivity contribution in [3.8, 4) is 11.7 Å². The third kappa shape index (κ3) is 1.40. The minimum Gasteiger partial charge on any atom is -0.456 e. The van der Waals surface area contributed by atoms with Gasteiger partial charge in [-0.25, -0.2) is 0 Å². The maximum absolute atomic E-state index is 5.38. The summed E-state index contributed by atoms with van der Waals surface area (Å²) in [5.41, 5.74) is 5.30. The van der Waals surface area contributed by atoms with Crippen LogP contribution in [-0.4, -0.2) is 10.1 Å². The molecule has 0 aliphatic rings. The number of furan rings is 1. The molecule has 0 saturated carbocycles. The van der Waals surface area contributed by atoms with Gasteiger partial charge in [-0.3, -0.25) is 0 Å². The molecule has 2 rings (SSSR count). The van der Waals surface area contributed by atoms with Gasteiger partial charge in [-0.1, -0.05) is 6.92 Å². The zero-order chi connectivity index (χ0) is 9.26. The lowest BCUT2D eigenvalue weighted by Gasteiger charge is -1.86. The molecule has 2 aromatic heterocycles. The number of anilines is 1. The zero-order valence-corrected chi connectivity index (χ0v) is 7.15. The normalized spacial score (nSPS) is 10.5. The highest BCUT2D eigenvalue weighted by molar-refractivity contribution is 5.45. The van der Waals surface area contributed by atoms with Gasteiger partial charge in [0.2, 0.25) is 0 Å². The average Bonchev–Trinajstić information content (AvgIpc) is 2.71. The van der Waals surface area contributed by atoms with Crippen molar-refractivity contribution in [1.29, 1.82) is 0 Å². The number of nitrogens with zero attached hydrogens (tertiary/aromatic N) is 2. The second-order valence-corrected chi connectivity index (χ2v) is 2.58. The van der Waals surface area contributed by atoms with Crippen LogP contribution in [0.5, 0.6) is 0 Å². The van der Waals surface area contributed by atoms with Crippen molar-refractivity contribution in [1.82, 2.24) is 10.1 Å². The summed E-state index contributed by atoms with van der Waals surface area (Å²) in [5, 5.41) is 3.46. The standard InChI is InChI=1S/C8H9N3O2/c1-2-5-3-4-6(12-5)7-10-8(9)11-13-7/h3-4H,2H2,1H3,(H2,9,11). The van der Waals surface area contributed by atoms with Crippen LogP contribution < -0.4 is 5.73 Å². The molecule has 0 bridgehead atoms. The summed E-state index contributed by atoms with van der Waals surface area (Å²) < 4.78 is 10.2. The lowest BCUT2D eigenvalue weighted by Crippen LogP contribution is -1.84. The third-order valence-corrected chi connectivity index (χ3v) is 1.66. The Labute approximate surface area is 74.5 Å². The van der Waals surface area contributed by atoms with Crippen LogP contribution in [0, 0.1) is 0 Å². The Morgan fingerprint density at radius 1 is 1.46 bits per heavy atom. The summed E-state index contributed by atoms with van der Waals surface area (Å²) >= 11 is 0. The van der Waals surface area contributed by atoms with Gasteiger partial charge in [-0.15, -0.1) is 0 Å². The van der Waals surface area contributed by atoms with Crippen LogP contribution in [-0.2, 0) is 6.42 Å². The maximum atomic E-state index is 5.38. The van der Waals surface area contributed by atoms with E-state index in [0.29, 0.717) is 11.7 Å². The van der Waals surface area contributed by atoms with Crippen molar-refractivity contribution < 1.29 is 8.94 Å². The van der Waals surface area contributed by atoms with E-state index in [1.807, 2.05) is 13.0 Å². The SMILES string of the molecule is CCc1ccc(-c2nc(N)no2)o1. The fraction of sp³-hybridized carbons (Fsp3) is 0.250. The van der Waals surface area contributed by atoms with Crippen LogP contribution in [0.15, 0.2) is 21.1 Å². The van der Waals surface area contributed by atoms with E-state index in [0.717, 1.165) is 12.2 Å². The first-order valence-corrected chi connectivity index (χ1v) is 3.98. The first-order chi connectivity index (χ1) is 6.29. The summed E-state index contributed by atoms with van der Waals surface area (Å²) in [4.78, 5) is 3.83.